The Morgan fingerprint density at radius 2 is 1.65 bits per heavy atom. The Bertz CT molecular complexity index is 653. The molecule has 3 rings (SSSR count). The van der Waals surface area contributed by atoms with Gasteiger partial charge in [-0.1, -0.05) is 0 Å². The minimum Gasteiger partial charge on any atom is -0.497 e. The van der Waals surface area contributed by atoms with Crippen LogP contribution in [0.4, 0.5) is 0 Å². The summed E-state index contributed by atoms with van der Waals surface area (Å²) in [5, 5.41) is 0. The van der Waals surface area contributed by atoms with E-state index in [2.05, 4.69) is 14.9 Å². The monoisotopic (exact) mass is 357 g/mol. The molecule has 2 heterocycles. The highest BCUT2D eigenvalue weighted by molar-refractivity contribution is 5.31. The van der Waals surface area contributed by atoms with Crippen molar-refractivity contribution in [3.63, 3.8) is 0 Å². The molecule has 0 N–H and O–H groups in total. The standard InChI is InChI=1S/C20H27N3O3/c1-24-12-9-20-21-13-16(14-22-20)15-23-10-7-19(8-11-23)26-18-5-3-17(25-2)4-6-18/h3-6,13-14,19H,7-12,15H2,1-2H3. The SMILES string of the molecule is COCCc1ncc(CN2CCC(Oc3ccc(OC)cc3)CC2)cn1. The summed E-state index contributed by atoms with van der Waals surface area (Å²) in [5.41, 5.74) is 1.15. The predicted octanol–water partition coefficient (Wildman–Crippen LogP) is 2.72. The first-order valence-electron chi connectivity index (χ1n) is 9.08. The summed E-state index contributed by atoms with van der Waals surface area (Å²) in [6.45, 7) is 3.58. The van der Waals surface area contributed by atoms with Crippen LogP contribution in [0.25, 0.3) is 0 Å². The molecule has 0 spiro atoms. The van der Waals surface area contributed by atoms with Gasteiger partial charge in [0.1, 0.15) is 23.4 Å². The molecule has 1 aliphatic heterocycles. The molecular formula is C20H27N3O3. The van der Waals surface area contributed by atoms with Crippen LogP contribution in [0.5, 0.6) is 11.5 Å². The second kappa shape index (κ2) is 9.50. The average molecular weight is 357 g/mol. The molecule has 1 aliphatic rings. The molecule has 6 nitrogen and oxygen atoms in total. The Labute approximate surface area is 155 Å². The van der Waals surface area contributed by atoms with Gasteiger partial charge in [-0.3, -0.25) is 4.90 Å². The minimum atomic E-state index is 0.271. The van der Waals surface area contributed by atoms with Crippen LogP contribution in [0.3, 0.4) is 0 Å². The molecule has 26 heavy (non-hydrogen) atoms. The Morgan fingerprint density at radius 3 is 2.27 bits per heavy atom. The summed E-state index contributed by atoms with van der Waals surface area (Å²) >= 11 is 0. The van der Waals surface area contributed by atoms with Crippen LogP contribution in [0.1, 0.15) is 24.2 Å². The van der Waals surface area contributed by atoms with E-state index in [-0.39, 0.29) is 6.10 Å². The van der Waals surface area contributed by atoms with Crippen molar-refractivity contribution in [3.05, 3.63) is 48.0 Å². The van der Waals surface area contributed by atoms with Gasteiger partial charge < -0.3 is 14.2 Å². The molecule has 0 amide bonds. The normalized spacial score (nSPS) is 15.8. The fourth-order valence-electron chi connectivity index (χ4n) is 3.08. The van der Waals surface area contributed by atoms with E-state index in [1.54, 1.807) is 14.2 Å². The molecule has 0 aliphatic carbocycles. The van der Waals surface area contributed by atoms with Gasteiger partial charge in [0.05, 0.1) is 13.7 Å². The summed E-state index contributed by atoms with van der Waals surface area (Å²) in [7, 11) is 3.36. The number of likely N-dealkylation sites (tertiary alicyclic amines) is 1. The van der Waals surface area contributed by atoms with Crippen LogP contribution in [0.15, 0.2) is 36.7 Å². The third-order valence-corrected chi connectivity index (χ3v) is 4.59. The summed E-state index contributed by atoms with van der Waals surface area (Å²) in [6.07, 6.45) is 6.94. The lowest BCUT2D eigenvalue weighted by atomic mass is 10.1. The van der Waals surface area contributed by atoms with E-state index >= 15 is 0 Å². The lowest BCUT2D eigenvalue weighted by molar-refractivity contribution is 0.0966. The fraction of sp³-hybridized carbons (Fsp3) is 0.500. The lowest BCUT2D eigenvalue weighted by Gasteiger charge is -2.32. The fourth-order valence-corrected chi connectivity index (χ4v) is 3.08. The predicted molar refractivity (Wildman–Crippen MR) is 99.5 cm³/mol. The van der Waals surface area contributed by atoms with E-state index in [4.69, 9.17) is 14.2 Å². The van der Waals surface area contributed by atoms with E-state index in [9.17, 15) is 0 Å². The molecule has 0 atom stereocenters. The maximum atomic E-state index is 6.09. The van der Waals surface area contributed by atoms with Crippen molar-refractivity contribution in [3.8, 4) is 11.5 Å². The zero-order chi connectivity index (χ0) is 18.2. The number of hydrogen-bond donors (Lipinski definition) is 0. The first-order valence-corrected chi connectivity index (χ1v) is 9.08. The Balaban J connectivity index is 1.43. The molecule has 140 valence electrons. The molecule has 0 saturated carbocycles. The third-order valence-electron chi connectivity index (χ3n) is 4.59. The Morgan fingerprint density at radius 1 is 1.00 bits per heavy atom. The van der Waals surface area contributed by atoms with Crippen LogP contribution in [-0.2, 0) is 17.7 Å². The molecule has 1 saturated heterocycles. The number of piperidine rings is 1. The van der Waals surface area contributed by atoms with E-state index in [0.717, 1.165) is 61.8 Å². The number of hydrogen-bond acceptors (Lipinski definition) is 6. The summed E-state index contributed by atoms with van der Waals surface area (Å²) in [6, 6.07) is 7.79. The summed E-state index contributed by atoms with van der Waals surface area (Å²) < 4.78 is 16.3. The number of benzene rings is 1. The van der Waals surface area contributed by atoms with E-state index in [1.165, 1.54) is 0 Å². The molecular weight excluding hydrogens is 330 g/mol. The minimum absolute atomic E-state index is 0.271. The number of ether oxygens (including phenoxy) is 3. The highest BCUT2D eigenvalue weighted by Crippen LogP contribution is 2.22. The van der Waals surface area contributed by atoms with Gasteiger partial charge in [0, 0.05) is 51.1 Å². The largest absolute Gasteiger partial charge is 0.497 e. The van der Waals surface area contributed by atoms with Crippen LogP contribution >= 0.6 is 0 Å². The molecule has 1 aromatic carbocycles. The molecule has 6 heteroatoms. The summed E-state index contributed by atoms with van der Waals surface area (Å²) in [5.74, 6) is 2.59. The van der Waals surface area contributed by atoms with Crippen molar-refractivity contribution >= 4 is 0 Å². The third kappa shape index (κ3) is 5.41. The first kappa shape index (κ1) is 18.6. The van der Waals surface area contributed by atoms with Gasteiger partial charge in [-0.25, -0.2) is 9.97 Å². The van der Waals surface area contributed by atoms with E-state index in [1.807, 2.05) is 36.7 Å². The van der Waals surface area contributed by atoms with E-state index in [0.29, 0.717) is 6.61 Å². The Hall–Kier alpha value is -2.18. The van der Waals surface area contributed by atoms with Gasteiger partial charge >= 0.3 is 0 Å². The van der Waals surface area contributed by atoms with Gasteiger partial charge in [0.25, 0.3) is 0 Å². The van der Waals surface area contributed by atoms with Crippen LogP contribution < -0.4 is 9.47 Å². The van der Waals surface area contributed by atoms with Gasteiger partial charge in [-0.15, -0.1) is 0 Å². The number of methoxy groups -OCH3 is 2. The van der Waals surface area contributed by atoms with Crippen molar-refractivity contribution in [2.45, 2.75) is 31.9 Å². The average Bonchev–Trinajstić information content (AvgIpc) is 2.69. The topological polar surface area (TPSA) is 56.7 Å². The molecule has 0 bridgehead atoms. The quantitative estimate of drug-likeness (QED) is 0.724. The zero-order valence-corrected chi connectivity index (χ0v) is 15.6. The van der Waals surface area contributed by atoms with E-state index < -0.39 is 0 Å². The molecule has 2 aromatic rings. The molecule has 0 unspecified atom stereocenters. The smallest absolute Gasteiger partial charge is 0.130 e. The highest BCUT2D eigenvalue weighted by atomic mass is 16.5. The first-order chi connectivity index (χ1) is 12.8. The number of aromatic nitrogens is 2. The van der Waals surface area contributed by atoms with Crippen LogP contribution in [-0.4, -0.2) is 54.9 Å². The van der Waals surface area contributed by atoms with Crippen molar-refractivity contribution in [2.24, 2.45) is 0 Å². The number of rotatable bonds is 8. The van der Waals surface area contributed by atoms with Gasteiger partial charge in [-0.05, 0) is 37.1 Å². The summed E-state index contributed by atoms with van der Waals surface area (Å²) in [4.78, 5) is 11.3. The molecule has 1 aromatic heterocycles. The second-order valence-electron chi connectivity index (χ2n) is 6.52. The van der Waals surface area contributed by atoms with Crippen molar-refractivity contribution < 1.29 is 14.2 Å². The van der Waals surface area contributed by atoms with Crippen molar-refractivity contribution in [1.29, 1.82) is 0 Å². The maximum absolute atomic E-state index is 6.09. The Kier molecular flexibility index (Phi) is 6.80. The zero-order valence-electron chi connectivity index (χ0n) is 15.6. The van der Waals surface area contributed by atoms with Crippen molar-refractivity contribution in [2.75, 3.05) is 33.9 Å². The molecule has 0 radical (unpaired) electrons. The number of nitrogens with zero attached hydrogens (tertiary/aromatic N) is 3. The molecule has 1 fully saturated rings. The van der Waals surface area contributed by atoms with Crippen molar-refractivity contribution in [1.82, 2.24) is 14.9 Å². The lowest BCUT2D eigenvalue weighted by Crippen LogP contribution is -2.37. The second-order valence-corrected chi connectivity index (χ2v) is 6.52. The van der Waals surface area contributed by atoms with Gasteiger partial charge in [-0.2, -0.15) is 0 Å². The van der Waals surface area contributed by atoms with Gasteiger partial charge in [0.2, 0.25) is 0 Å². The van der Waals surface area contributed by atoms with Crippen LogP contribution in [0.2, 0.25) is 0 Å². The van der Waals surface area contributed by atoms with Crippen LogP contribution in [0, 0.1) is 0 Å². The van der Waals surface area contributed by atoms with Gasteiger partial charge in [0.15, 0.2) is 0 Å². The highest BCUT2D eigenvalue weighted by Gasteiger charge is 2.20. The maximum Gasteiger partial charge on any atom is 0.130 e.